The number of nitrogens with zero attached hydrogens (tertiary/aromatic N) is 1. The van der Waals surface area contributed by atoms with Gasteiger partial charge in [0.1, 0.15) is 11.0 Å². The Hall–Kier alpha value is -2.43. The molecule has 0 spiro atoms. The molecular weight excluding hydrogens is 350 g/mol. The van der Waals surface area contributed by atoms with E-state index in [2.05, 4.69) is 10.3 Å². The van der Waals surface area contributed by atoms with E-state index in [0.717, 1.165) is 0 Å². The summed E-state index contributed by atoms with van der Waals surface area (Å²) in [5.74, 6) is -0.890. The lowest BCUT2D eigenvalue weighted by atomic mass is 10.0. The van der Waals surface area contributed by atoms with E-state index in [1.165, 1.54) is 12.3 Å². The van der Waals surface area contributed by atoms with Gasteiger partial charge in [-0.15, -0.1) is 0 Å². The molecule has 2 aromatic carbocycles. The predicted molar refractivity (Wildman–Crippen MR) is 94.0 cm³/mol. The Morgan fingerprint density at radius 2 is 1.79 bits per heavy atom. The molecule has 0 saturated carbocycles. The minimum absolute atomic E-state index is 0.102. The molecule has 1 heterocycles. The van der Waals surface area contributed by atoms with Crippen LogP contribution in [0.25, 0.3) is 11.1 Å². The Kier molecular flexibility index (Phi) is 4.79. The molecule has 0 fully saturated rings. The van der Waals surface area contributed by atoms with Gasteiger partial charge in [0.2, 0.25) is 0 Å². The number of amides is 1. The van der Waals surface area contributed by atoms with Gasteiger partial charge in [0.25, 0.3) is 5.91 Å². The Morgan fingerprint density at radius 3 is 2.54 bits per heavy atom. The van der Waals surface area contributed by atoms with Crippen molar-refractivity contribution < 1.29 is 9.18 Å². The third-order valence-electron chi connectivity index (χ3n) is 3.40. The zero-order valence-electron chi connectivity index (χ0n) is 12.3. The summed E-state index contributed by atoms with van der Waals surface area (Å²) in [5.41, 5.74) is 1.59. The van der Waals surface area contributed by atoms with Gasteiger partial charge in [-0.2, -0.15) is 0 Å². The highest BCUT2D eigenvalue weighted by Gasteiger charge is 2.15. The summed E-state index contributed by atoms with van der Waals surface area (Å²) in [7, 11) is 0. The maximum Gasteiger partial charge on any atom is 0.258 e. The van der Waals surface area contributed by atoms with E-state index in [1.807, 2.05) is 0 Å². The monoisotopic (exact) mass is 360 g/mol. The van der Waals surface area contributed by atoms with Crippen LogP contribution in [0.1, 0.15) is 10.4 Å². The number of carbonyl (C=O) groups excluding carboxylic acids is 1. The van der Waals surface area contributed by atoms with E-state index in [-0.39, 0.29) is 10.7 Å². The summed E-state index contributed by atoms with van der Waals surface area (Å²) in [6.07, 6.45) is 1.50. The zero-order chi connectivity index (χ0) is 17.1. The first-order chi connectivity index (χ1) is 11.6. The molecule has 0 aliphatic heterocycles. The van der Waals surface area contributed by atoms with Gasteiger partial charge in [0, 0.05) is 28.0 Å². The molecule has 1 N–H and O–H groups in total. The van der Waals surface area contributed by atoms with Gasteiger partial charge >= 0.3 is 0 Å². The number of hydrogen-bond donors (Lipinski definition) is 1. The number of nitrogens with one attached hydrogen (secondary N) is 1. The first-order valence-corrected chi connectivity index (χ1v) is 7.78. The van der Waals surface area contributed by atoms with Crippen molar-refractivity contribution in [1.82, 2.24) is 4.98 Å². The fourth-order valence-corrected chi connectivity index (χ4v) is 2.64. The number of anilines is 1. The topological polar surface area (TPSA) is 42.0 Å². The average Bonchev–Trinajstić information content (AvgIpc) is 2.56. The molecule has 0 radical (unpaired) electrons. The van der Waals surface area contributed by atoms with E-state index in [4.69, 9.17) is 23.2 Å². The molecule has 0 aliphatic rings. The molecule has 3 rings (SSSR count). The number of aromatic nitrogens is 1. The van der Waals surface area contributed by atoms with Crippen molar-refractivity contribution in [2.75, 3.05) is 5.32 Å². The van der Waals surface area contributed by atoms with Crippen LogP contribution in [-0.4, -0.2) is 10.9 Å². The fourth-order valence-electron chi connectivity index (χ4n) is 2.28. The van der Waals surface area contributed by atoms with E-state index in [0.29, 0.717) is 21.8 Å². The molecule has 3 aromatic rings. The molecule has 24 heavy (non-hydrogen) atoms. The van der Waals surface area contributed by atoms with E-state index in [9.17, 15) is 9.18 Å². The van der Waals surface area contributed by atoms with Crippen molar-refractivity contribution >= 4 is 34.8 Å². The Labute approximate surface area is 148 Å². The van der Waals surface area contributed by atoms with Gasteiger partial charge in [-0.25, -0.2) is 9.37 Å². The number of carbonyl (C=O) groups is 1. The summed E-state index contributed by atoms with van der Waals surface area (Å²) >= 11 is 11.7. The van der Waals surface area contributed by atoms with Gasteiger partial charge in [-0.3, -0.25) is 4.79 Å². The highest BCUT2D eigenvalue weighted by molar-refractivity contribution is 6.33. The first kappa shape index (κ1) is 16.4. The highest BCUT2D eigenvalue weighted by atomic mass is 35.5. The number of pyridine rings is 1. The number of hydrogen-bond acceptors (Lipinski definition) is 2. The van der Waals surface area contributed by atoms with Crippen LogP contribution in [0.4, 0.5) is 10.1 Å². The fraction of sp³-hybridized carbons (Fsp3) is 0. The first-order valence-electron chi connectivity index (χ1n) is 7.02. The third-order valence-corrected chi connectivity index (χ3v) is 3.94. The van der Waals surface area contributed by atoms with Gasteiger partial charge < -0.3 is 5.32 Å². The van der Waals surface area contributed by atoms with Gasteiger partial charge in [0.15, 0.2) is 0 Å². The minimum Gasteiger partial charge on any atom is -0.321 e. The number of halogens is 3. The van der Waals surface area contributed by atoms with Crippen LogP contribution in [0.2, 0.25) is 10.2 Å². The summed E-state index contributed by atoms with van der Waals surface area (Å²) in [6.45, 7) is 0. The van der Waals surface area contributed by atoms with Crippen LogP contribution in [0.3, 0.4) is 0 Å². The largest absolute Gasteiger partial charge is 0.321 e. The minimum atomic E-state index is -0.469. The van der Waals surface area contributed by atoms with Crippen molar-refractivity contribution in [3.8, 4) is 11.1 Å². The van der Waals surface area contributed by atoms with Gasteiger partial charge in [-0.1, -0.05) is 41.4 Å². The zero-order valence-corrected chi connectivity index (χ0v) is 13.8. The van der Waals surface area contributed by atoms with Gasteiger partial charge in [-0.05, 0) is 36.4 Å². The summed E-state index contributed by atoms with van der Waals surface area (Å²) < 4.78 is 14.2. The second-order valence-electron chi connectivity index (χ2n) is 4.97. The molecular formula is C18H11Cl2FN2O. The van der Waals surface area contributed by atoms with Crippen LogP contribution in [0.15, 0.2) is 60.8 Å². The van der Waals surface area contributed by atoms with Gasteiger partial charge in [0.05, 0.1) is 5.56 Å². The van der Waals surface area contributed by atoms with Crippen LogP contribution < -0.4 is 5.32 Å². The van der Waals surface area contributed by atoms with Crippen molar-refractivity contribution in [3.05, 3.63) is 82.4 Å². The SMILES string of the molecule is O=C(Nc1ccccc1-c1ccc(Cl)cc1F)c1cccnc1Cl. The number of para-hydroxylation sites is 1. The van der Waals surface area contributed by atoms with Crippen molar-refractivity contribution in [3.63, 3.8) is 0 Å². The van der Waals surface area contributed by atoms with Crippen molar-refractivity contribution in [2.24, 2.45) is 0 Å². The smallest absolute Gasteiger partial charge is 0.258 e. The standard InChI is InChI=1S/C18H11Cl2FN2O/c19-11-7-8-12(15(21)10-11)13-4-1-2-6-16(13)23-18(24)14-5-3-9-22-17(14)20/h1-10H,(H,23,24). The van der Waals surface area contributed by atoms with E-state index >= 15 is 0 Å². The Bertz CT molecular complexity index is 915. The van der Waals surface area contributed by atoms with Crippen molar-refractivity contribution in [2.45, 2.75) is 0 Å². The van der Waals surface area contributed by atoms with Crippen molar-refractivity contribution in [1.29, 1.82) is 0 Å². The maximum atomic E-state index is 14.2. The molecule has 0 atom stereocenters. The summed E-state index contributed by atoms with van der Waals surface area (Å²) in [5, 5.41) is 3.15. The lowest BCUT2D eigenvalue weighted by Crippen LogP contribution is -2.13. The van der Waals surface area contributed by atoms with Crippen LogP contribution in [0.5, 0.6) is 0 Å². The summed E-state index contributed by atoms with van der Waals surface area (Å²) in [6, 6.07) is 14.5. The third kappa shape index (κ3) is 3.40. The Morgan fingerprint density at radius 1 is 1.00 bits per heavy atom. The molecule has 0 unspecified atom stereocenters. The van der Waals surface area contributed by atoms with E-state index in [1.54, 1.807) is 48.5 Å². The number of rotatable bonds is 3. The van der Waals surface area contributed by atoms with E-state index < -0.39 is 11.7 Å². The lowest BCUT2D eigenvalue weighted by molar-refractivity contribution is 0.102. The molecule has 1 aromatic heterocycles. The number of benzene rings is 2. The second-order valence-corrected chi connectivity index (χ2v) is 5.76. The average molecular weight is 361 g/mol. The quantitative estimate of drug-likeness (QED) is 0.631. The molecule has 0 bridgehead atoms. The molecule has 3 nitrogen and oxygen atoms in total. The highest BCUT2D eigenvalue weighted by Crippen LogP contribution is 2.31. The molecule has 1 amide bonds. The molecule has 6 heteroatoms. The lowest BCUT2D eigenvalue weighted by Gasteiger charge is -2.12. The molecule has 0 saturated heterocycles. The van der Waals surface area contributed by atoms with Crippen LogP contribution in [0, 0.1) is 5.82 Å². The maximum absolute atomic E-state index is 14.2. The van der Waals surface area contributed by atoms with Crippen LogP contribution >= 0.6 is 23.2 Å². The molecule has 120 valence electrons. The summed E-state index contributed by atoms with van der Waals surface area (Å²) in [4.78, 5) is 16.3. The second kappa shape index (κ2) is 6.99. The predicted octanol–water partition coefficient (Wildman–Crippen LogP) is 5.45. The van der Waals surface area contributed by atoms with Crippen LogP contribution in [-0.2, 0) is 0 Å². The Balaban J connectivity index is 1.98. The molecule has 0 aliphatic carbocycles. The normalized spacial score (nSPS) is 10.5.